The predicted molar refractivity (Wildman–Crippen MR) is 64.5 cm³/mol. The van der Waals surface area contributed by atoms with Gasteiger partial charge < -0.3 is 15.4 Å². The van der Waals surface area contributed by atoms with Crippen LogP contribution in [0.2, 0.25) is 0 Å². The quantitative estimate of drug-likeness (QED) is 0.637. The van der Waals surface area contributed by atoms with Crippen LogP contribution in [0.1, 0.15) is 13.3 Å². The number of sulfone groups is 1. The van der Waals surface area contributed by atoms with Crippen molar-refractivity contribution < 1.29 is 17.9 Å². The summed E-state index contributed by atoms with van der Waals surface area (Å²) < 4.78 is 27.3. The summed E-state index contributed by atoms with van der Waals surface area (Å²) in [6, 6.07) is -0.134. The van der Waals surface area contributed by atoms with E-state index in [0.717, 1.165) is 0 Å². The van der Waals surface area contributed by atoms with Gasteiger partial charge in [-0.3, -0.25) is 4.79 Å². The van der Waals surface area contributed by atoms with Gasteiger partial charge in [0.15, 0.2) is 9.84 Å². The van der Waals surface area contributed by atoms with Gasteiger partial charge in [-0.2, -0.15) is 0 Å². The first-order valence-corrected chi connectivity index (χ1v) is 7.47. The van der Waals surface area contributed by atoms with Crippen LogP contribution in [0, 0.1) is 0 Å². The van der Waals surface area contributed by atoms with E-state index in [1.165, 1.54) is 0 Å². The summed E-state index contributed by atoms with van der Waals surface area (Å²) in [4.78, 5) is 11.5. The van der Waals surface area contributed by atoms with Crippen molar-refractivity contribution in [1.82, 2.24) is 10.6 Å². The first-order valence-electron chi connectivity index (χ1n) is 5.65. The van der Waals surface area contributed by atoms with Gasteiger partial charge >= 0.3 is 0 Å². The molecule has 0 spiro atoms. The molecule has 0 saturated carbocycles. The Balaban J connectivity index is 2.20. The van der Waals surface area contributed by atoms with Crippen LogP contribution in [-0.4, -0.2) is 58.2 Å². The lowest BCUT2D eigenvalue weighted by molar-refractivity contribution is -0.121. The SMILES string of the molecule is COCC(C)NC(=O)CNC1CCS(=O)(=O)C1. The molecule has 1 amide bonds. The summed E-state index contributed by atoms with van der Waals surface area (Å²) in [5.74, 6) is 0.208. The maximum absolute atomic E-state index is 11.5. The molecule has 0 radical (unpaired) electrons. The second kappa shape index (κ2) is 6.32. The molecule has 2 unspecified atom stereocenters. The summed E-state index contributed by atoms with van der Waals surface area (Å²) in [6.07, 6.45) is 0.587. The Morgan fingerprint density at radius 3 is 2.76 bits per heavy atom. The number of ether oxygens (including phenoxy) is 1. The zero-order chi connectivity index (χ0) is 12.9. The van der Waals surface area contributed by atoms with Gasteiger partial charge in [0.05, 0.1) is 24.7 Å². The Bertz CT molecular complexity index is 355. The summed E-state index contributed by atoms with van der Waals surface area (Å²) in [5, 5.41) is 5.70. The molecule has 2 N–H and O–H groups in total. The molecule has 0 aliphatic carbocycles. The lowest BCUT2D eigenvalue weighted by Gasteiger charge is -2.14. The molecule has 0 aromatic heterocycles. The second-order valence-corrected chi connectivity index (χ2v) is 6.63. The fraction of sp³-hybridized carbons (Fsp3) is 0.900. The van der Waals surface area contributed by atoms with Crippen molar-refractivity contribution >= 4 is 15.7 Å². The van der Waals surface area contributed by atoms with Gasteiger partial charge in [-0.25, -0.2) is 8.42 Å². The Morgan fingerprint density at radius 1 is 1.53 bits per heavy atom. The number of hydrogen-bond donors (Lipinski definition) is 2. The van der Waals surface area contributed by atoms with E-state index in [1.54, 1.807) is 7.11 Å². The van der Waals surface area contributed by atoms with Crippen LogP contribution in [-0.2, 0) is 19.4 Å². The summed E-state index contributed by atoms with van der Waals surface area (Å²) in [7, 11) is -1.32. The van der Waals surface area contributed by atoms with E-state index < -0.39 is 9.84 Å². The Labute approximate surface area is 102 Å². The van der Waals surface area contributed by atoms with Crippen LogP contribution >= 0.6 is 0 Å². The maximum Gasteiger partial charge on any atom is 0.234 e. The Kier molecular flexibility index (Phi) is 5.35. The summed E-state index contributed by atoms with van der Waals surface area (Å²) in [5.41, 5.74) is 0. The molecular weight excluding hydrogens is 244 g/mol. The lowest BCUT2D eigenvalue weighted by Crippen LogP contribution is -2.43. The van der Waals surface area contributed by atoms with Gasteiger partial charge in [-0.15, -0.1) is 0 Å². The highest BCUT2D eigenvalue weighted by Crippen LogP contribution is 2.10. The maximum atomic E-state index is 11.5. The summed E-state index contributed by atoms with van der Waals surface area (Å²) >= 11 is 0. The molecule has 100 valence electrons. The second-order valence-electron chi connectivity index (χ2n) is 4.40. The third-order valence-electron chi connectivity index (χ3n) is 2.61. The van der Waals surface area contributed by atoms with Crippen LogP contribution in [0.3, 0.4) is 0 Å². The lowest BCUT2D eigenvalue weighted by atomic mass is 10.2. The van der Waals surface area contributed by atoms with Gasteiger partial charge in [0, 0.05) is 19.2 Å². The molecule has 1 fully saturated rings. The average Bonchev–Trinajstić information content (AvgIpc) is 2.55. The molecule has 7 heteroatoms. The molecule has 0 bridgehead atoms. The minimum atomic E-state index is -2.89. The van der Waals surface area contributed by atoms with Gasteiger partial charge in [-0.05, 0) is 13.3 Å². The predicted octanol–water partition coefficient (Wildman–Crippen LogP) is -1.09. The minimum Gasteiger partial charge on any atom is -0.383 e. The van der Waals surface area contributed by atoms with Crippen molar-refractivity contribution in [2.24, 2.45) is 0 Å². The van der Waals surface area contributed by atoms with Crippen molar-refractivity contribution in [2.45, 2.75) is 25.4 Å². The molecular formula is C10H20N2O4S. The summed E-state index contributed by atoms with van der Waals surface area (Å²) in [6.45, 7) is 2.46. The number of carbonyl (C=O) groups is 1. The molecule has 1 saturated heterocycles. The third-order valence-corrected chi connectivity index (χ3v) is 4.38. The Morgan fingerprint density at radius 2 is 2.24 bits per heavy atom. The van der Waals surface area contributed by atoms with E-state index in [4.69, 9.17) is 4.74 Å². The van der Waals surface area contributed by atoms with E-state index in [-0.39, 0.29) is 36.0 Å². The van der Waals surface area contributed by atoms with E-state index in [0.29, 0.717) is 13.0 Å². The van der Waals surface area contributed by atoms with Gasteiger partial charge in [0.2, 0.25) is 5.91 Å². The monoisotopic (exact) mass is 264 g/mol. The highest BCUT2D eigenvalue weighted by Gasteiger charge is 2.27. The number of carbonyl (C=O) groups excluding carboxylic acids is 1. The zero-order valence-electron chi connectivity index (χ0n) is 10.2. The molecule has 1 aliphatic rings. The van der Waals surface area contributed by atoms with Crippen molar-refractivity contribution in [3.63, 3.8) is 0 Å². The van der Waals surface area contributed by atoms with E-state index >= 15 is 0 Å². The van der Waals surface area contributed by atoms with Crippen molar-refractivity contribution in [1.29, 1.82) is 0 Å². The molecule has 2 atom stereocenters. The first kappa shape index (κ1) is 14.4. The molecule has 1 heterocycles. The smallest absolute Gasteiger partial charge is 0.234 e. The van der Waals surface area contributed by atoms with E-state index in [1.807, 2.05) is 6.92 Å². The van der Waals surface area contributed by atoms with Crippen LogP contribution < -0.4 is 10.6 Å². The average molecular weight is 264 g/mol. The molecule has 1 rings (SSSR count). The van der Waals surface area contributed by atoms with Crippen LogP contribution in [0.15, 0.2) is 0 Å². The first-order chi connectivity index (χ1) is 7.93. The molecule has 17 heavy (non-hydrogen) atoms. The number of rotatable bonds is 6. The fourth-order valence-corrected chi connectivity index (χ4v) is 3.52. The molecule has 6 nitrogen and oxygen atoms in total. The molecule has 1 aliphatic heterocycles. The Hall–Kier alpha value is -0.660. The van der Waals surface area contributed by atoms with Gasteiger partial charge in [0.25, 0.3) is 0 Å². The molecule has 0 aromatic carbocycles. The normalized spacial score (nSPS) is 24.5. The zero-order valence-corrected chi connectivity index (χ0v) is 11.0. The van der Waals surface area contributed by atoms with Crippen molar-refractivity contribution in [3.8, 4) is 0 Å². The standard InChI is InChI=1S/C10H20N2O4S/c1-8(6-16-2)12-10(13)5-11-9-3-4-17(14,15)7-9/h8-9,11H,3-7H2,1-2H3,(H,12,13). The van der Waals surface area contributed by atoms with Crippen LogP contribution in [0.5, 0.6) is 0 Å². The highest BCUT2D eigenvalue weighted by molar-refractivity contribution is 7.91. The highest BCUT2D eigenvalue weighted by atomic mass is 32.2. The van der Waals surface area contributed by atoms with Crippen molar-refractivity contribution in [3.05, 3.63) is 0 Å². The topological polar surface area (TPSA) is 84.5 Å². The number of methoxy groups -OCH3 is 1. The van der Waals surface area contributed by atoms with Crippen molar-refractivity contribution in [2.75, 3.05) is 31.8 Å². The number of nitrogens with one attached hydrogen (secondary N) is 2. The van der Waals surface area contributed by atoms with E-state index in [9.17, 15) is 13.2 Å². The van der Waals surface area contributed by atoms with Gasteiger partial charge in [0.1, 0.15) is 0 Å². The van der Waals surface area contributed by atoms with Crippen LogP contribution in [0.25, 0.3) is 0 Å². The van der Waals surface area contributed by atoms with E-state index in [2.05, 4.69) is 10.6 Å². The van der Waals surface area contributed by atoms with Gasteiger partial charge in [-0.1, -0.05) is 0 Å². The molecule has 0 aromatic rings. The largest absolute Gasteiger partial charge is 0.383 e. The van der Waals surface area contributed by atoms with Crippen LogP contribution in [0.4, 0.5) is 0 Å². The third kappa shape index (κ3) is 5.47. The fourth-order valence-electron chi connectivity index (χ4n) is 1.81. The number of amides is 1. The minimum absolute atomic E-state index is 0.0402. The number of hydrogen-bond acceptors (Lipinski definition) is 5.